The van der Waals surface area contributed by atoms with Gasteiger partial charge in [0.2, 0.25) is 5.95 Å². The maximum Gasteiger partial charge on any atom is 0.273 e. The van der Waals surface area contributed by atoms with E-state index in [0.29, 0.717) is 22.8 Å². The summed E-state index contributed by atoms with van der Waals surface area (Å²) < 4.78 is 5.55. The number of aliphatic hydroxyl groups is 1. The molecule has 0 saturated heterocycles. The lowest BCUT2D eigenvalue weighted by Gasteiger charge is -2.26. The van der Waals surface area contributed by atoms with E-state index >= 15 is 0 Å². The molecule has 0 bridgehead atoms. The first-order chi connectivity index (χ1) is 15.5. The summed E-state index contributed by atoms with van der Waals surface area (Å²) >= 11 is 0. The van der Waals surface area contributed by atoms with Crippen LogP contribution in [0.1, 0.15) is 27.2 Å². The fourth-order valence-corrected chi connectivity index (χ4v) is 3.54. The smallest absolute Gasteiger partial charge is 0.273 e. The molecule has 1 amide bonds. The van der Waals surface area contributed by atoms with Gasteiger partial charge in [0.25, 0.3) is 5.91 Å². The van der Waals surface area contributed by atoms with Gasteiger partial charge in [0, 0.05) is 24.8 Å². The zero-order valence-corrected chi connectivity index (χ0v) is 17.8. The van der Waals surface area contributed by atoms with Crippen LogP contribution in [-0.4, -0.2) is 56.8 Å². The van der Waals surface area contributed by atoms with E-state index < -0.39 is 5.91 Å². The summed E-state index contributed by atoms with van der Waals surface area (Å²) in [6.45, 7) is 1.57. The number of primary amides is 1. The number of nitrogens with one attached hydrogen (secondary N) is 2. The summed E-state index contributed by atoms with van der Waals surface area (Å²) in [6, 6.07) is 7.40. The Hall–Kier alpha value is -3.83. The largest absolute Gasteiger partial charge is 0.495 e. The topological polar surface area (TPSA) is 151 Å². The predicted molar refractivity (Wildman–Crippen MR) is 118 cm³/mol. The highest BCUT2D eigenvalue weighted by atomic mass is 16.5. The van der Waals surface area contributed by atoms with Crippen LogP contribution in [0.4, 0.5) is 23.3 Å². The number of likely N-dealkylation sites (N-methyl/N-ethyl adjacent to an activating group) is 1. The van der Waals surface area contributed by atoms with Gasteiger partial charge in [-0.2, -0.15) is 4.98 Å². The first-order valence-corrected chi connectivity index (χ1v) is 10.00. The van der Waals surface area contributed by atoms with E-state index in [0.717, 1.165) is 19.5 Å². The van der Waals surface area contributed by atoms with Crippen LogP contribution in [0.15, 0.2) is 30.5 Å². The van der Waals surface area contributed by atoms with Gasteiger partial charge in [-0.05, 0) is 42.8 Å². The number of benzene rings is 1. The highest BCUT2D eigenvalue weighted by molar-refractivity contribution is 5.96. The van der Waals surface area contributed by atoms with Gasteiger partial charge in [-0.1, -0.05) is 6.07 Å². The van der Waals surface area contributed by atoms with Crippen molar-refractivity contribution in [3.8, 4) is 5.75 Å². The molecule has 32 heavy (non-hydrogen) atoms. The summed E-state index contributed by atoms with van der Waals surface area (Å²) in [5.74, 6) is 0.396. The number of ether oxygens (including phenoxy) is 1. The van der Waals surface area contributed by atoms with Crippen LogP contribution in [0.25, 0.3) is 0 Å². The minimum Gasteiger partial charge on any atom is -0.495 e. The summed E-state index contributed by atoms with van der Waals surface area (Å²) in [4.78, 5) is 22.7. The van der Waals surface area contributed by atoms with Gasteiger partial charge >= 0.3 is 0 Å². The fourth-order valence-electron chi connectivity index (χ4n) is 3.54. The van der Waals surface area contributed by atoms with E-state index in [2.05, 4.69) is 42.7 Å². The monoisotopic (exact) mass is 436 g/mol. The maximum absolute atomic E-state index is 11.9. The molecule has 11 nitrogen and oxygen atoms in total. The minimum atomic E-state index is -0.796. The molecule has 3 aromatic rings. The highest BCUT2D eigenvalue weighted by Gasteiger charge is 2.20. The highest BCUT2D eigenvalue weighted by Crippen LogP contribution is 2.33. The second-order valence-corrected chi connectivity index (χ2v) is 7.43. The number of hydrogen-bond acceptors (Lipinski definition) is 10. The quantitative estimate of drug-likeness (QED) is 0.427. The molecule has 0 saturated carbocycles. The molecule has 2 aromatic heterocycles. The molecule has 1 aliphatic heterocycles. The summed E-state index contributed by atoms with van der Waals surface area (Å²) in [5, 5.41) is 23.5. The van der Waals surface area contributed by atoms with E-state index in [4.69, 9.17) is 10.5 Å². The number of nitrogens with two attached hydrogens (primary N) is 1. The molecule has 0 atom stereocenters. The third-order valence-electron chi connectivity index (χ3n) is 5.19. The lowest BCUT2D eigenvalue weighted by molar-refractivity contribution is 0.0995. The molecule has 0 unspecified atom stereocenters. The van der Waals surface area contributed by atoms with E-state index in [9.17, 15) is 9.90 Å². The van der Waals surface area contributed by atoms with E-state index in [-0.39, 0.29) is 24.1 Å². The van der Waals surface area contributed by atoms with Crippen molar-refractivity contribution in [2.24, 2.45) is 5.73 Å². The number of carbonyl (C=O) groups is 1. The van der Waals surface area contributed by atoms with Crippen molar-refractivity contribution in [1.29, 1.82) is 0 Å². The van der Waals surface area contributed by atoms with Crippen LogP contribution in [0.5, 0.6) is 5.75 Å². The molecule has 5 N–H and O–H groups in total. The zero-order chi connectivity index (χ0) is 22.7. The third kappa shape index (κ3) is 4.43. The molecule has 1 aromatic carbocycles. The maximum atomic E-state index is 11.9. The van der Waals surface area contributed by atoms with Crippen molar-refractivity contribution in [1.82, 2.24) is 25.1 Å². The van der Waals surface area contributed by atoms with Crippen LogP contribution >= 0.6 is 0 Å². The number of methoxy groups -OCH3 is 1. The molecule has 166 valence electrons. The van der Waals surface area contributed by atoms with Crippen LogP contribution in [-0.2, 0) is 19.6 Å². The molecular formula is C21H24N8O3. The van der Waals surface area contributed by atoms with Crippen LogP contribution in [0.2, 0.25) is 0 Å². The Bertz CT molecular complexity index is 1150. The van der Waals surface area contributed by atoms with E-state index in [1.165, 1.54) is 11.1 Å². The molecule has 0 aliphatic carbocycles. The van der Waals surface area contributed by atoms with Crippen LogP contribution in [0.3, 0.4) is 0 Å². The van der Waals surface area contributed by atoms with E-state index in [1.54, 1.807) is 25.4 Å². The second-order valence-electron chi connectivity index (χ2n) is 7.43. The molecule has 3 heterocycles. The molecule has 0 fully saturated rings. The molecule has 0 spiro atoms. The molecule has 1 aliphatic rings. The summed E-state index contributed by atoms with van der Waals surface area (Å²) in [7, 11) is 3.67. The summed E-state index contributed by atoms with van der Waals surface area (Å²) in [6.07, 6.45) is 2.49. The fraction of sp³-hybridized carbons (Fsp3) is 0.286. The van der Waals surface area contributed by atoms with Crippen molar-refractivity contribution in [3.63, 3.8) is 0 Å². The van der Waals surface area contributed by atoms with Gasteiger partial charge in [0.1, 0.15) is 11.6 Å². The Morgan fingerprint density at radius 2 is 2.09 bits per heavy atom. The normalized spacial score (nSPS) is 13.3. The van der Waals surface area contributed by atoms with Crippen LogP contribution < -0.4 is 21.1 Å². The summed E-state index contributed by atoms with van der Waals surface area (Å²) in [5.41, 5.74) is 8.91. The van der Waals surface area contributed by atoms with Gasteiger partial charge in [-0.15, -0.1) is 10.2 Å². The number of aliphatic hydroxyl groups excluding tert-OH is 1. The second kappa shape index (κ2) is 9.12. The van der Waals surface area contributed by atoms with Gasteiger partial charge in [-0.3, -0.25) is 4.79 Å². The first kappa shape index (κ1) is 21.4. The van der Waals surface area contributed by atoms with E-state index in [1.807, 2.05) is 12.1 Å². The van der Waals surface area contributed by atoms with Gasteiger partial charge in [-0.25, -0.2) is 4.98 Å². The average molecular weight is 436 g/mol. The van der Waals surface area contributed by atoms with Crippen molar-refractivity contribution in [2.75, 3.05) is 31.3 Å². The molecular weight excluding hydrogens is 412 g/mol. The minimum absolute atomic E-state index is 0.0695. The SMILES string of the molecule is COc1cc2c(cc1Nc1nnc(C(N)=O)c(Nc3ncccc3CO)n1)CN(C)CC2. The number of fused-ring (bicyclic) bond motifs is 1. The third-order valence-corrected chi connectivity index (χ3v) is 5.19. The molecule has 11 heteroatoms. The Labute approximate surface area is 184 Å². The number of hydrogen-bond donors (Lipinski definition) is 4. The Morgan fingerprint density at radius 1 is 1.25 bits per heavy atom. The van der Waals surface area contributed by atoms with Gasteiger partial charge in [0.15, 0.2) is 11.5 Å². The predicted octanol–water partition coefficient (Wildman–Crippen LogP) is 1.34. The Kier molecular flexibility index (Phi) is 6.10. The molecule has 4 rings (SSSR count). The number of pyridine rings is 1. The average Bonchev–Trinajstić information content (AvgIpc) is 2.79. The van der Waals surface area contributed by atoms with Crippen LogP contribution in [0, 0.1) is 0 Å². The van der Waals surface area contributed by atoms with Crippen molar-refractivity contribution >= 4 is 29.2 Å². The number of anilines is 4. The standard InChI is InChI=1S/C21H24N8O3/c1-29-7-5-12-9-16(32-2)15(8-14(12)10-29)24-21-26-20(17(18(22)31)27-28-21)25-19-13(11-30)4-3-6-23-19/h3-4,6,8-9,30H,5,7,10-11H2,1-2H3,(H2,22,31)(H2,23,24,25,26,28). The Balaban J connectivity index is 1.69. The van der Waals surface area contributed by atoms with Crippen molar-refractivity contribution < 1.29 is 14.6 Å². The number of aromatic nitrogens is 4. The number of nitrogens with zero attached hydrogens (tertiary/aromatic N) is 5. The Morgan fingerprint density at radius 3 is 2.84 bits per heavy atom. The lowest BCUT2D eigenvalue weighted by Crippen LogP contribution is -2.26. The van der Waals surface area contributed by atoms with Crippen molar-refractivity contribution in [2.45, 2.75) is 19.6 Å². The zero-order valence-electron chi connectivity index (χ0n) is 17.8. The number of carbonyl (C=O) groups excluding carboxylic acids is 1. The van der Waals surface area contributed by atoms with Crippen molar-refractivity contribution in [3.05, 3.63) is 52.8 Å². The number of amides is 1. The lowest BCUT2D eigenvalue weighted by atomic mass is 9.99. The molecule has 0 radical (unpaired) electrons. The van der Waals surface area contributed by atoms with Gasteiger partial charge in [0.05, 0.1) is 19.4 Å². The van der Waals surface area contributed by atoms with Gasteiger partial charge < -0.3 is 31.1 Å². The number of rotatable bonds is 7. The first-order valence-electron chi connectivity index (χ1n) is 10.00.